The van der Waals surface area contributed by atoms with E-state index < -0.39 is 48.7 Å². The smallest absolute Gasteiger partial charge is 0.404 e. The lowest BCUT2D eigenvalue weighted by molar-refractivity contribution is -0.157. The van der Waals surface area contributed by atoms with Gasteiger partial charge in [0.25, 0.3) is 5.91 Å². The van der Waals surface area contributed by atoms with Crippen molar-refractivity contribution in [2.75, 3.05) is 26.3 Å². The van der Waals surface area contributed by atoms with Crippen LogP contribution in [0.25, 0.3) is 10.1 Å². The Hall–Kier alpha value is -3.71. The van der Waals surface area contributed by atoms with Crippen molar-refractivity contribution in [3.8, 4) is 0 Å². The van der Waals surface area contributed by atoms with Gasteiger partial charge in [-0.05, 0) is 62.3 Å². The number of nitrogens with zero attached hydrogens (tertiary/aromatic N) is 2. The average Bonchev–Trinajstić information content (AvgIpc) is 3.68. The number of nitrogens with one attached hydrogen (secondary N) is 1. The van der Waals surface area contributed by atoms with Crippen molar-refractivity contribution in [3.05, 3.63) is 70.6 Å². The van der Waals surface area contributed by atoms with E-state index >= 15 is 8.78 Å². The highest BCUT2D eigenvalue weighted by molar-refractivity contribution is 7.54. The first-order valence-electron chi connectivity index (χ1n) is 15.8. The number of halogens is 2. The fraction of sp³-hybridized carbons (Fsp3) is 0.455. The maximum atomic E-state index is 15.4. The molecule has 48 heavy (non-hydrogen) atoms. The average molecular weight is 706 g/mol. The van der Waals surface area contributed by atoms with Crippen molar-refractivity contribution in [2.45, 2.75) is 70.4 Å². The van der Waals surface area contributed by atoms with E-state index in [1.54, 1.807) is 0 Å². The maximum absolute atomic E-state index is 15.4. The van der Waals surface area contributed by atoms with Gasteiger partial charge in [-0.3, -0.25) is 18.9 Å². The second-order valence-electron chi connectivity index (χ2n) is 11.6. The number of ether oxygens (including phenoxy) is 1. The minimum absolute atomic E-state index is 0.0511. The highest BCUT2D eigenvalue weighted by atomic mass is 32.1. The number of carbonyl (C=O) groups is 4. The Balaban J connectivity index is 1.37. The molecule has 3 aromatic rings. The molecule has 3 heterocycles. The number of hydrogen-bond acceptors (Lipinski definition) is 9. The summed E-state index contributed by atoms with van der Waals surface area (Å²) in [4.78, 5) is 56.4. The number of thiophene rings is 1. The van der Waals surface area contributed by atoms with Gasteiger partial charge < -0.3 is 28.9 Å². The number of esters is 1. The monoisotopic (exact) mass is 705 g/mol. The zero-order valence-electron chi connectivity index (χ0n) is 26.9. The van der Waals surface area contributed by atoms with Crippen LogP contribution in [-0.2, 0) is 45.0 Å². The summed E-state index contributed by atoms with van der Waals surface area (Å²) in [5.74, 6) is -1.97. The van der Waals surface area contributed by atoms with Gasteiger partial charge in [0.05, 0.1) is 18.1 Å². The summed E-state index contributed by atoms with van der Waals surface area (Å²) in [7, 11) is -4.85. The van der Waals surface area contributed by atoms with E-state index in [1.807, 2.05) is 30.3 Å². The topological polar surface area (TPSA) is 132 Å². The van der Waals surface area contributed by atoms with Gasteiger partial charge in [0.2, 0.25) is 11.8 Å². The summed E-state index contributed by atoms with van der Waals surface area (Å²) in [6.07, 6.45) is 1.39. The van der Waals surface area contributed by atoms with Gasteiger partial charge in [-0.2, -0.15) is 8.78 Å². The highest BCUT2D eigenvalue weighted by Gasteiger charge is 2.55. The molecule has 0 unspecified atom stereocenters. The van der Waals surface area contributed by atoms with Gasteiger partial charge in [-0.25, -0.2) is 4.79 Å². The van der Waals surface area contributed by atoms with Gasteiger partial charge in [-0.15, -0.1) is 11.3 Å². The number of carbonyl (C=O) groups excluding carboxylic acids is 4. The zero-order chi connectivity index (χ0) is 34.6. The van der Waals surface area contributed by atoms with E-state index in [-0.39, 0.29) is 48.6 Å². The Labute approximate surface area is 281 Å². The van der Waals surface area contributed by atoms with Crippen molar-refractivity contribution in [1.82, 2.24) is 15.1 Å². The van der Waals surface area contributed by atoms with Crippen molar-refractivity contribution < 1.29 is 46.3 Å². The first-order chi connectivity index (χ1) is 22.9. The fourth-order valence-electron chi connectivity index (χ4n) is 6.09. The van der Waals surface area contributed by atoms with Crippen LogP contribution in [-0.4, -0.2) is 77.9 Å². The second kappa shape index (κ2) is 14.8. The van der Waals surface area contributed by atoms with Crippen LogP contribution in [0.4, 0.5) is 8.78 Å². The van der Waals surface area contributed by atoms with Crippen LogP contribution >= 0.6 is 18.9 Å². The van der Waals surface area contributed by atoms with Crippen LogP contribution < -0.4 is 5.32 Å². The fourth-order valence-corrected chi connectivity index (χ4v) is 8.57. The molecular weight excluding hydrogens is 667 g/mol. The summed E-state index contributed by atoms with van der Waals surface area (Å²) in [6, 6.07) is 11.8. The van der Waals surface area contributed by atoms with Crippen molar-refractivity contribution in [2.24, 2.45) is 0 Å². The molecule has 5 rings (SSSR count). The zero-order valence-corrected chi connectivity index (χ0v) is 28.6. The lowest BCUT2D eigenvalue weighted by atomic mass is 10.1. The lowest BCUT2D eigenvalue weighted by Gasteiger charge is -2.38. The van der Waals surface area contributed by atoms with E-state index in [2.05, 4.69) is 5.32 Å². The molecule has 0 saturated carbocycles. The van der Waals surface area contributed by atoms with Crippen LogP contribution in [0.2, 0.25) is 0 Å². The molecule has 3 atom stereocenters. The summed E-state index contributed by atoms with van der Waals surface area (Å²) in [5, 5.41) is 3.02. The van der Waals surface area contributed by atoms with E-state index in [9.17, 15) is 23.7 Å². The van der Waals surface area contributed by atoms with Crippen molar-refractivity contribution in [3.63, 3.8) is 0 Å². The molecule has 0 bridgehead atoms. The molecular formula is C33H38F2N3O8PS. The third kappa shape index (κ3) is 7.31. The molecule has 1 N–H and O–H groups in total. The van der Waals surface area contributed by atoms with Crippen LogP contribution in [0.3, 0.4) is 0 Å². The third-order valence-corrected chi connectivity index (χ3v) is 11.7. The molecule has 2 saturated heterocycles. The van der Waals surface area contributed by atoms with E-state index in [1.165, 1.54) is 42.7 Å². The Bertz CT molecular complexity index is 1710. The van der Waals surface area contributed by atoms with Gasteiger partial charge in [0.15, 0.2) is 0 Å². The number of alkyl halides is 2. The Kier molecular flexibility index (Phi) is 11.0. The molecule has 0 spiro atoms. The Morgan fingerprint density at radius 1 is 1.02 bits per heavy atom. The number of hydrogen-bond donors (Lipinski definition) is 1. The summed E-state index contributed by atoms with van der Waals surface area (Å²) in [5.41, 5.74) is -3.75. The van der Waals surface area contributed by atoms with Gasteiger partial charge in [0, 0.05) is 36.3 Å². The first kappa shape index (κ1) is 35.6. The SMILES string of the molecule is CCOP(=O)(OCC)C(F)(F)c1ccc2sc(C(=O)N[C@@H]3CN(C(C)=O)CC[C@H]4CC[C@H](C(=O)OCc5ccccc5)N4C3=O)cc2c1. The molecule has 258 valence electrons. The first-order valence-corrected chi connectivity index (χ1v) is 18.1. The van der Waals surface area contributed by atoms with E-state index in [0.29, 0.717) is 30.5 Å². The number of rotatable bonds is 11. The highest BCUT2D eigenvalue weighted by Crippen LogP contribution is 2.67. The molecule has 15 heteroatoms. The van der Waals surface area contributed by atoms with Crippen molar-refractivity contribution in [1.29, 1.82) is 0 Å². The Morgan fingerprint density at radius 3 is 2.40 bits per heavy atom. The lowest BCUT2D eigenvalue weighted by Crippen LogP contribution is -2.60. The van der Waals surface area contributed by atoms with Gasteiger partial charge in [-0.1, -0.05) is 36.4 Å². The summed E-state index contributed by atoms with van der Waals surface area (Å²) in [6.45, 7) is 4.04. The normalized spacial score (nSPS) is 20.3. The molecule has 2 fully saturated rings. The molecule has 1 aromatic heterocycles. The Morgan fingerprint density at radius 2 is 1.73 bits per heavy atom. The quantitative estimate of drug-likeness (QED) is 0.200. The standard InChI is InChI=1S/C33H38F2N3O8PS/c1-4-45-47(43,46-5-2)33(34,35)24-11-14-28-23(17-24)18-29(48-28)30(40)36-26-19-37(21(3)39)16-15-25-12-13-27(38(25)31(26)41)32(42)44-20-22-9-7-6-8-10-22/h6-11,14,17-18,25-27H,4-5,12-13,15-16,19-20H2,1-3H3,(H,36,40)/t25-,26-,27-/m1/s1. The summed E-state index contributed by atoms with van der Waals surface area (Å²) >= 11 is 1.02. The predicted octanol–water partition coefficient (Wildman–Crippen LogP) is 5.67. The second-order valence-corrected chi connectivity index (χ2v) is 14.8. The van der Waals surface area contributed by atoms with Crippen LogP contribution in [0.15, 0.2) is 54.6 Å². The van der Waals surface area contributed by atoms with E-state index in [4.69, 9.17) is 13.8 Å². The number of fused-ring (bicyclic) bond motifs is 2. The molecule has 2 aliphatic heterocycles. The number of amides is 3. The molecule has 0 aliphatic carbocycles. The minimum Gasteiger partial charge on any atom is -0.459 e. The molecule has 11 nitrogen and oxygen atoms in total. The van der Waals surface area contributed by atoms with Crippen LogP contribution in [0.1, 0.15) is 60.8 Å². The van der Waals surface area contributed by atoms with Crippen molar-refractivity contribution >= 4 is 52.7 Å². The largest absolute Gasteiger partial charge is 0.459 e. The predicted molar refractivity (Wildman–Crippen MR) is 175 cm³/mol. The summed E-state index contributed by atoms with van der Waals surface area (Å²) < 4.78 is 59.7. The van der Waals surface area contributed by atoms with Gasteiger partial charge >= 0.3 is 19.2 Å². The maximum Gasteiger partial charge on any atom is 0.404 e. The van der Waals surface area contributed by atoms with E-state index in [0.717, 1.165) is 29.0 Å². The number of benzene rings is 2. The van der Waals surface area contributed by atoms with Crippen LogP contribution in [0, 0.1) is 0 Å². The third-order valence-electron chi connectivity index (χ3n) is 8.47. The minimum atomic E-state index is -4.85. The van der Waals surface area contributed by atoms with Gasteiger partial charge in [0.1, 0.15) is 18.7 Å². The molecule has 3 amide bonds. The van der Waals surface area contributed by atoms with Crippen LogP contribution in [0.5, 0.6) is 0 Å². The molecule has 2 aliphatic rings. The molecule has 2 aromatic carbocycles. The molecule has 0 radical (unpaired) electrons.